The van der Waals surface area contributed by atoms with Crippen molar-refractivity contribution < 1.29 is 5.11 Å². The van der Waals surface area contributed by atoms with E-state index < -0.39 is 5.60 Å². The van der Waals surface area contributed by atoms with Crippen LogP contribution in [0.15, 0.2) is 23.3 Å². The van der Waals surface area contributed by atoms with Crippen molar-refractivity contribution >= 4 is 0 Å². The molecular formula is C20H34O. The maximum absolute atomic E-state index is 10.6. The Morgan fingerprint density at radius 3 is 2.43 bits per heavy atom. The maximum Gasteiger partial charge on any atom is 0.0622 e. The van der Waals surface area contributed by atoms with Crippen LogP contribution in [0.25, 0.3) is 0 Å². The highest BCUT2D eigenvalue weighted by atomic mass is 16.3. The predicted molar refractivity (Wildman–Crippen MR) is 91.2 cm³/mol. The molecule has 0 aromatic heterocycles. The molecule has 0 aliphatic heterocycles. The van der Waals surface area contributed by atoms with Gasteiger partial charge < -0.3 is 5.11 Å². The van der Waals surface area contributed by atoms with Crippen LogP contribution in [0.4, 0.5) is 0 Å². The van der Waals surface area contributed by atoms with Crippen molar-refractivity contribution in [3.05, 3.63) is 23.3 Å². The van der Waals surface area contributed by atoms with Crippen LogP contribution in [0.2, 0.25) is 0 Å². The number of allylic oxidation sites excluding steroid dienone is 4. The molecule has 0 saturated heterocycles. The van der Waals surface area contributed by atoms with E-state index in [4.69, 9.17) is 0 Å². The second kappa shape index (κ2) is 6.28. The Morgan fingerprint density at radius 1 is 1.10 bits per heavy atom. The highest BCUT2D eigenvalue weighted by molar-refractivity contribution is 5.10. The summed E-state index contributed by atoms with van der Waals surface area (Å²) in [5.41, 5.74) is 2.90. The number of fused-ring (bicyclic) bond motifs is 1. The van der Waals surface area contributed by atoms with Gasteiger partial charge in [0, 0.05) is 0 Å². The van der Waals surface area contributed by atoms with Gasteiger partial charge in [-0.1, -0.05) is 30.2 Å². The zero-order valence-electron chi connectivity index (χ0n) is 14.7. The molecule has 0 radical (unpaired) electrons. The minimum Gasteiger partial charge on any atom is -0.390 e. The summed E-state index contributed by atoms with van der Waals surface area (Å²) >= 11 is 0. The van der Waals surface area contributed by atoms with Crippen LogP contribution in [0.1, 0.15) is 79.6 Å². The molecule has 3 atom stereocenters. The van der Waals surface area contributed by atoms with E-state index >= 15 is 0 Å². The summed E-state index contributed by atoms with van der Waals surface area (Å²) in [4.78, 5) is 0. The summed E-state index contributed by atoms with van der Waals surface area (Å²) in [6.45, 7) is 11.0. The fraction of sp³-hybridized carbons (Fsp3) is 0.800. The minimum absolute atomic E-state index is 0.372. The average Bonchev–Trinajstić information content (AvgIpc) is 2.70. The lowest BCUT2D eigenvalue weighted by Gasteiger charge is -2.38. The standard InChI is InChI=1S/C20H34O/c1-15-7-6-8-16(2)11-13-20(5)14-12-17(19(3,4)21)18(20)10-9-15/h7,11,17-18,21H,6,8-10,12-14H2,1-5H3/b15-7+,16-11+/t17-,18-,20-/m0/s1. The zero-order valence-corrected chi connectivity index (χ0v) is 14.7. The van der Waals surface area contributed by atoms with Crippen molar-refractivity contribution in [2.24, 2.45) is 17.3 Å². The molecule has 2 rings (SSSR count). The topological polar surface area (TPSA) is 20.2 Å². The molecule has 1 heteroatoms. The van der Waals surface area contributed by atoms with Crippen molar-refractivity contribution in [2.45, 2.75) is 85.2 Å². The predicted octanol–water partition coefficient (Wildman–Crippen LogP) is 5.65. The Bertz CT molecular complexity index is 424. The molecule has 120 valence electrons. The number of hydrogen-bond acceptors (Lipinski definition) is 1. The molecule has 1 nitrogen and oxygen atoms in total. The van der Waals surface area contributed by atoms with E-state index in [0.29, 0.717) is 17.3 Å². The largest absolute Gasteiger partial charge is 0.390 e. The number of rotatable bonds is 1. The highest BCUT2D eigenvalue weighted by Crippen LogP contribution is 2.55. The monoisotopic (exact) mass is 290 g/mol. The normalized spacial score (nSPS) is 40.5. The van der Waals surface area contributed by atoms with Crippen molar-refractivity contribution in [2.75, 3.05) is 0 Å². The Balaban J connectivity index is 2.28. The Morgan fingerprint density at radius 2 is 1.76 bits per heavy atom. The van der Waals surface area contributed by atoms with Crippen LogP contribution in [0.3, 0.4) is 0 Å². The maximum atomic E-state index is 10.6. The number of aliphatic hydroxyl groups is 1. The van der Waals surface area contributed by atoms with E-state index in [1.807, 2.05) is 13.8 Å². The Hall–Kier alpha value is -0.560. The van der Waals surface area contributed by atoms with Crippen LogP contribution in [0.5, 0.6) is 0 Å². The molecule has 21 heavy (non-hydrogen) atoms. The first-order valence-electron chi connectivity index (χ1n) is 8.76. The summed E-state index contributed by atoms with van der Waals surface area (Å²) < 4.78 is 0. The van der Waals surface area contributed by atoms with E-state index in [0.717, 1.165) is 0 Å². The summed E-state index contributed by atoms with van der Waals surface area (Å²) in [7, 11) is 0. The summed E-state index contributed by atoms with van der Waals surface area (Å²) in [5, 5.41) is 10.6. The van der Waals surface area contributed by atoms with Crippen LogP contribution >= 0.6 is 0 Å². The van der Waals surface area contributed by atoms with Gasteiger partial charge in [0.05, 0.1) is 5.60 Å². The first kappa shape index (κ1) is 16.8. The van der Waals surface area contributed by atoms with Gasteiger partial charge >= 0.3 is 0 Å². The van der Waals surface area contributed by atoms with Gasteiger partial charge in [-0.3, -0.25) is 0 Å². The van der Waals surface area contributed by atoms with Gasteiger partial charge in [0.2, 0.25) is 0 Å². The fourth-order valence-electron chi connectivity index (χ4n) is 4.55. The molecule has 1 N–H and O–H groups in total. The fourth-order valence-corrected chi connectivity index (χ4v) is 4.55. The van der Waals surface area contributed by atoms with Crippen LogP contribution in [-0.2, 0) is 0 Å². The molecule has 0 amide bonds. The molecule has 0 aromatic carbocycles. The lowest BCUT2D eigenvalue weighted by Crippen LogP contribution is -2.37. The van der Waals surface area contributed by atoms with E-state index in [2.05, 4.69) is 32.9 Å². The molecule has 0 bridgehead atoms. The van der Waals surface area contributed by atoms with Gasteiger partial charge in [-0.25, -0.2) is 0 Å². The van der Waals surface area contributed by atoms with E-state index in [-0.39, 0.29) is 0 Å². The van der Waals surface area contributed by atoms with Crippen LogP contribution in [-0.4, -0.2) is 10.7 Å². The van der Waals surface area contributed by atoms with Crippen molar-refractivity contribution in [3.63, 3.8) is 0 Å². The second-order valence-electron chi connectivity index (χ2n) is 8.44. The molecular weight excluding hydrogens is 256 g/mol. The van der Waals surface area contributed by atoms with Gasteiger partial charge in [-0.15, -0.1) is 0 Å². The zero-order chi connectivity index (χ0) is 15.7. The number of hydrogen-bond donors (Lipinski definition) is 1. The molecule has 0 heterocycles. The lowest BCUT2D eigenvalue weighted by atomic mass is 9.69. The minimum atomic E-state index is -0.543. The third-order valence-corrected chi connectivity index (χ3v) is 6.11. The summed E-state index contributed by atoms with van der Waals surface area (Å²) in [6.07, 6.45) is 13.4. The molecule has 0 aromatic rings. The van der Waals surface area contributed by atoms with Crippen molar-refractivity contribution in [1.29, 1.82) is 0 Å². The molecule has 1 saturated carbocycles. The van der Waals surface area contributed by atoms with Gasteiger partial charge in [-0.2, -0.15) is 0 Å². The smallest absolute Gasteiger partial charge is 0.0622 e. The third kappa shape index (κ3) is 4.00. The third-order valence-electron chi connectivity index (χ3n) is 6.11. The SMILES string of the molecule is C/C1=C\C[C@@]2(C)CC[C@H](C(C)(C)O)[C@@H]2CC/C(C)=C/CC1. The van der Waals surface area contributed by atoms with Crippen molar-refractivity contribution in [1.82, 2.24) is 0 Å². The van der Waals surface area contributed by atoms with E-state index in [9.17, 15) is 5.11 Å². The molecule has 0 spiro atoms. The van der Waals surface area contributed by atoms with Gasteiger partial charge in [0.15, 0.2) is 0 Å². The summed E-state index contributed by atoms with van der Waals surface area (Å²) in [5.74, 6) is 1.09. The quantitative estimate of drug-likeness (QED) is 0.619. The second-order valence-corrected chi connectivity index (χ2v) is 8.44. The van der Waals surface area contributed by atoms with Crippen LogP contribution in [0, 0.1) is 17.3 Å². The van der Waals surface area contributed by atoms with Crippen LogP contribution < -0.4 is 0 Å². The van der Waals surface area contributed by atoms with E-state index in [1.165, 1.54) is 56.1 Å². The van der Waals surface area contributed by atoms with Crippen molar-refractivity contribution in [3.8, 4) is 0 Å². The molecule has 1 fully saturated rings. The van der Waals surface area contributed by atoms with Gasteiger partial charge in [0.1, 0.15) is 0 Å². The lowest BCUT2D eigenvalue weighted by molar-refractivity contribution is -0.0162. The average molecular weight is 290 g/mol. The van der Waals surface area contributed by atoms with Gasteiger partial charge in [-0.05, 0) is 89.9 Å². The summed E-state index contributed by atoms with van der Waals surface area (Å²) in [6, 6.07) is 0. The van der Waals surface area contributed by atoms with E-state index in [1.54, 1.807) is 0 Å². The highest BCUT2D eigenvalue weighted by Gasteiger charge is 2.48. The molecule has 2 aliphatic carbocycles. The Kier molecular flexibility index (Phi) is 5.03. The molecule has 2 aliphatic rings. The Labute approximate surface area is 131 Å². The molecule has 0 unspecified atom stereocenters. The first-order chi connectivity index (χ1) is 9.72. The first-order valence-corrected chi connectivity index (χ1v) is 8.76. The van der Waals surface area contributed by atoms with Gasteiger partial charge in [0.25, 0.3) is 0 Å².